The summed E-state index contributed by atoms with van der Waals surface area (Å²) < 4.78 is 16.0. The third-order valence-electron chi connectivity index (χ3n) is 3.14. The average Bonchev–Trinajstić information content (AvgIpc) is 2.36. The van der Waals surface area contributed by atoms with Crippen molar-refractivity contribution in [1.29, 1.82) is 0 Å². The van der Waals surface area contributed by atoms with Gasteiger partial charge in [0.15, 0.2) is 0 Å². The van der Waals surface area contributed by atoms with Crippen molar-refractivity contribution in [1.82, 2.24) is 0 Å². The van der Waals surface area contributed by atoms with Gasteiger partial charge in [0.1, 0.15) is 5.60 Å². The Morgan fingerprint density at radius 1 is 1.53 bits per heavy atom. The minimum atomic E-state index is -0.658. The van der Waals surface area contributed by atoms with E-state index in [-0.39, 0.29) is 5.97 Å². The number of ether oxygens (including phenoxy) is 3. The Balaban J connectivity index is 2.55. The molecule has 0 amide bonds. The number of nitrogens with two attached hydrogens (primary N) is 1. The molecule has 0 aromatic rings. The zero-order valence-corrected chi connectivity index (χ0v) is 11.0. The number of carbonyl (C=O) groups excluding carboxylic acids is 1. The zero-order valence-electron chi connectivity index (χ0n) is 11.0. The smallest absolute Gasteiger partial charge is 0.313 e. The molecule has 5 nitrogen and oxygen atoms in total. The van der Waals surface area contributed by atoms with Crippen molar-refractivity contribution >= 4 is 5.97 Å². The van der Waals surface area contributed by atoms with Crippen LogP contribution in [0.25, 0.3) is 0 Å². The normalized spacial score (nSPS) is 25.6. The predicted molar refractivity (Wildman–Crippen MR) is 63.6 cm³/mol. The van der Waals surface area contributed by atoms with E-state index in [0.717, 1.165) is 19.4 Å². The Hall–Kier alpha value is -0.650. The van der Waals surface area contributed by atoms with Gasteiger partial charge in [0.05, 0.1) is 25.7 Å². The highest BCUT2D eigenvalue weighted by Gasteiger charge is 2.37. The number of hydrogen-bond acceptors (Lipinski definition) is 5. The summed E-state index contributed by atoms with van der Waals surface area (Å²) in [7, 11) is 1.38. The number of methoxy groups -OCH3 is 1. The Morgan fingerprint density at radius 3 is 2.71 bits per heavy atom. The second kappa shape index (κ2) is 5.80. The predicted octanol–water partition coefficient (Wildman–Crippen LogP) is 0.710. The molecular weight excluding hydrogens is 222 g/mol. The van der Waals surface area contributed by atoms with Crippen molar-refractivity contribution < 1.29 is 19.0 Å². The summed E-state index contributed by atoms with van der Waals surface area (Å²) >= 11 is 0. The van der Waals surface area contributed by atoms with Crippen LogP contribution in [0, 0.1) is 5.41 Å². The fourth-order valence-corrected chi connectivity index (χ4v) is 1.83. The summed E-state index contributed by atoms with van der Waals surface area (Å²) in [6.45, 7) is 5.55. The molecule has 1 aliphatic rings. The summed E-state index contributed by atoms with van der Waals surface area (Å²) in [5.74, 6) is -0.276. The van der Waals surface area contributed by atoms with Crippen molar-refractivity contribution in [3.05, 3.63) is 0 Å². The summed E-state index contributed by atoms with van der Waals surface area (Å²) in [5, 5.41) is 0. The number of rotatable bonds is 5. The Kier molecular flexibility index (Phi) is 4.91. The number of carbonyl (C=O) groups is 1. The lowest BCUT2D eigenvalue weighted by Crippen LogP contribution is -2.50. The van der Waals surface area contributed by atoms with E-state index < -0.39 is 11.0 Å². The van der Waals surface area contributed by atoms with Crippen LogP contribution < -0.4 is 5.73 Å². The molecule has 0 aromatic heterocycles. The molecule has 0 bridgehead atoms. The van der Waals surface area contributed by atoms with Crippen molar-refractivity contribution in [2.24, 2.45) is 11.1 Å². The van der Waals surface area contributed by atoms with Crippen LogP contribution in [-0.4, -0.2) is 45.0 Å². The molecule has 1 heterocycles. The molecule has 0 aliphatic carbocycles. The summed E-state index contributed by atoms with van der Waals surface area (Å²) in [4.78, 5) is 11.5. The molecule has 1 aliphatic heterocycles. The molecule has 2 N–H and O–H groups in total. The molecule has 0 radical (unpaired) electrons. The van der Waals surface area contributed by atoms with Gasteiger partial charge in [-0.05, 0) is 26.7 Å². The summed E-state index contributed by atoms with van der Waals surface area (Å²) in [6.07, 6.45) is 1.82. The van der Waals surface area contributed by atoms with E-state index in [0.29, 0.717) is 19.8 Å². The standard InChI is InChI=1S/C12H23NO4/c1-11(2,10(14)15-3)8-17-12(7-13)5-4-6-16-9-12/h4-9,13H2,1-3H3. The molecule has 17 heavy (non-hydrogen) atoms. The highest BCUT2D eigenvalue weighted by Crippen LogP contribution is 2.26. The molecule has 1 unspecified atom stereocenters. The van der Waals surface area contributed by atoms with Gasteiger partial charge < -0.3 is 19.9 Å². The maximum Gasteiger partial charge on any atom is 0.313 e. The van der Waals surface area contributed by atoms with Gasteiger partial charge in [-0.2, -0.15) is 0 Å². The lowest BCUT2D eigenvalue weighted by molar-refractivity contribution is -0.168. The molecule has 1 saturated heterocycles. The van der Waals surface area contributed by atoms with Gasteiger partial charge in [-0.1, -0.05) is 0 Å². The van der Waals surface area contributed by atoms with Gasteiger partial charge in [-0.15, -0.1) is 0 Å². The van der Waals surface area contributed by atoms with Gasteiger partial charge in [-0.3, -0.25) is 4.79 Å². The third kappa shape index (κ3) is 3.66. The first kappa shape index (κ1) is 14.4. The lowest BCUT2D eigenvalue weighted by atomic mass is 9.92. The highest BCUT2D eigenvalue weighted by molar-refractivity contribution is 5.75. The summed E-state index contributed by atoms with van der Waals surface area (Å²) in [6, 6.07) is 0. The van der Waals surface area contributed by atoms with E-state index in [4.69, 9.17) is 19.9 Å². The van der Waals surface area contributed by atoms with Crippen molar-refractivity contribution in [3.8, 4) is 0 Å². The van der Waals surface area contributed by atoms with Crippen molar-refractivity contribution in [3.63, 3.8) is 0 Å². The maximum atomic E-state index is 11.5. The first-order chi connectivity index (χ1) is 7.96. The van der Waals surface area contributed by atoms with E-state index >= 15 is 0 Å². The molecule has 5 heteroatoms. The fraction of sp³-hybridized carbons (Fsp3) is 0.917. The van der Waals surface area contributed by atoms with E-state index in [1.165, 1.54) is 7.11 Å². The maximum absolute atomic E-state index is 11.5. The van der Waals surface area contributed by atoms with E-state index in [2.05, 4.69) is 0 Å². The van der Waals surface area contributed by atoms with Gasteiger partial charge in [-0.25, -0.2) is 0 Å². The topological polar surface area (TPSA) is 70.8 Å². The molecule has 0 saturated carbocycles. The van der Waals surface area contributed by atoms with Crippen LogP contribution in [0.1, 0.15) is 26.7 Å². The van der Waals surface area contributed by atoms with Gasteiger partial charge in [0.25, 0.3) is 0 Å². The van der Waals surface area contributed by atoms with Crippen LogP contribution in [0.15, 0.2) is 0 Å². The first-order valence-corrected chi connectivity index (χ1v) is 5.96. The fourth-order valence-electron chi connectivity index (χ4n) is 1.83. The molecule has 1 fully saturated rings. The van der Waals surface area contributed by atoms with E-state index in [9.17, 15) is 4.79 Å². The Bertz CT molecular complexity index is 259. The number of hydrogen-bond donors (Lipinski definition) is 1. The minimum Gasteiger partial charge on any atom is -0.469 e. The van der Waals surface area contributed by atoms with E-state index in [1.54, 1.807) is 13.8 Å². The van der Waals surface area contributed by atoms with Crippen LogP contribution in [0.3, 0.4) is 0 Å². The molecule has 0 aromatic carbocycles. The zero-order chi connectivity index (χ0) is 12.9. The van der Waals surface area contributed by atoms with Gasteiger partial charge in [0.2, 0.25) is 0 Å². The molecule has 1 atom stereocenters. The molecular formula is C12H23NO4. The SMILES string of the molecule is COC(=O)C(C)(C)COC1(CN)CCCOC1. The largest absolute Gasteiger partial charge is 0.469 e. The first-order valence-electron chi connectivity index (χ1n) is 5.96. The number of esters is 1. The van der Waals surface area contributed by atoms with Crippen LogP contribution >= 0.6 is 0 Å². The second-order valence-corrected chi connectivity index (χ2v) is 5.21. The minimum absolute atomic E-state index is 0.276. The van der Waals surface area contributed by atoms with Crippen LogP contribution in [0.2, 0.25) is 0 Å². The molecule has 100 valence electrons. The summed E-state index contributed by atoms with van der Waals surface area (Å²) in [5.41, 5.74) is 4.66. The average molecular weight is 245 g/mol. The lowest BCUT2D eigenvalue weighted by Gasteiger charge is -2.38. The second-order valence-electron chi connectivity index (χ2n) is 5.21. The Labute approximate surface area is 103 Å². The quantitative estimate of drug-likeness (QED) is 0.722. The van der Waals surface area contributed by atoms with Gasteiger partial charge in [0, 0.05) is 13.2 Å². The monoisotopic (exact) mass is 245 g/mol. The van der Waals surface area contributed by atoms with Gasteiger partial charge >= 0.3 is 5.97 Å². The van der Waals surface area contributed by atoms with Crippen LogP contribution in [0.5, 0.6) is 0 Å². The molecule has 1 rings (SSSR count). The third-order valence-corrected chi connectivity index (χ3v) is 3.14. The van der Waals surface area contributed by atoms with Crippen LogP contribution in [0.4, 0.5) is 0 Å². The molecule has 0 spiro atoms. The van der Waals surface area contributed by atoms with Crippen molar-refractivity contribution in [2.45, 2.75) is 32.3 Å². The van der Waals surface area contributed by atoms with E-state index in [1.807, 2.05) is 0 Å². The Morgan fingerprint density at radius 2 is 2.24 bits per heavy atom. The highest BCUT2D eigenvalue weighted by atomic mass is 16.6. The van der Waals surface area contributed by atoms with Crippen LogP contribution in [-0.2, 0) is 19.0 Å². The van der Waals surface area contributed by atoms with Crippen molar-refractivity contribution in [2.75, 3.05) is 33.5 Å².